The number of anilines is 1. The molecule has 0 aliphatic carbocycles. The molecule has 2 amide bonds. The van der Waals surface area contributed by atoms with E-state index in [4.69, 9.17) is 0 Å². The Bertz CT molecular complexity index is 835. The normalized spacial score (nSPS) is 16.1. The van der Waals surface area contributed by atoms with Crippen molar-refractivity contribution < 1.29 is 14.0 Å². The van der Waals surface area contributed by atoms with Crippen LogP contribution in [0.25, 0.3) is 6.08 Å². The lowest BCUT2D eigenvalue weighted by atomic mass is 10.2. The van der Waals surface area contributed by atoms with Crippen LogP contribution >= 0.6 is 11.8 Å². The largest absolute Gasteiger partial charge is 0.367 e. The van der Waals surface area contributed by atoms with E-state index in [0.29, 0.717) is 0 Å². The third kappa shape index (κ3) is 3.49. The molecule has 1 N–H and O–H groups in total. The molecule has 0 saturated carbocycles. The minimum atomic E-state index is -0.429. The van der Waals surface area contributed by atoms with Gasteiger partial charge >= 0.3 is 0 Å². The summed E-state index contributed by atoms with van der Waals surface area (Å²) in [7, 11) is 0. The van der Waals surface area contributed by atoms with E-state index in [0.717, 1.165) is 27.9 Å². The van der Waals surface area contributed by atoms with Gasteiger partial charge in [-0.3, -0.25) is 14.5 Å². The number of amides is 2. The first-order valence-electron chi connectivity index (χ1n) is 7.35. The Morgan fingerprint density at radius 2 is 1.96 bits per heavy atom. The molecule has 2 aromatic carbocycles. The van der Waals surface area contributed by atoms with Gasteiger partial charge < -0.3 is 5.32 Å². The molecule has 1 fully saturated rings. The topological polar surface area (TPSA) is 49.4 Å². The van der Waals surface area contributed by atoms with Crippen LogP contribution in [0.15, 0.2) is 53.4 Å². The van der Waals surface area contributed by atoms with E-state index in [1.54, 1.807) is 18.2 Å². The second-order valence-corrected chi connectivity index (χ2v) is 6.33. The van der Waals surface area contributed by atoms with Gasteiger partial charge in [-0.25, -0.2) is 4.39 Å². The number of rotatable bonds is 4. The molecule has 0 radical (unpaired) electrons. The van der Waals surface area contributed by atoms with Crippen molar-refractivity contribution in [1.82, 2.24) is 4.90 Å². The lowest BCUT2D eigenvalue weighted by Gasteiger charge is -2.14. The summed E-state index contributed by atoms with van der Waals surface area (Å²) in [5, 5.41) is 2.68. The number of imide groups is 1. The number of aryl methyl sites for hydroxylation is 1. The van der Waals surface area contributed by atoms with E-state index in [-0.39, 0.29) is 22.4 Å². The minimum Gasteiger partial charge on any atom is -0.367 e. The van der Waals surface area contributed by atoms with Gasteiger partial charge in [0.25, 0.3) is 11.1 Å². The van der Waals surface area contributed by atoms with E-state index in [9.17, 15) is 14.0 Å². The number of halogens is 1. The van der Waals surface area contributed by atoms with Crippen molar-refractivity contribution in [2.45, 2.75) is 6.92 Å². The molecule has 0 spiro atoms. The van der Waals surface area contributed by atoms with E-state index in [1.807, 2.05) is 31.2 Å². The maximum absolute atomic E-state index is 13.7. The van der Waals surface area contributed by atoms with Gasteiger partial charge in [0.2, 0.25) is 0 Å². The van der Waals surface area contributed by atoms with Crippen molar-refractivity contribution in [3.05, 3.63) is 70.4 Å². The van der Waals surface area contributed by atoms with Crippen LogP contribution in [-0.2, 0) is 4.79 Å². The third-order valence-electron chi connectivity index (χ3n) is 3.52. The zero-order valence-corrected chi connectivity index (χ0v) is 13.8. The van der Waals surface area contributed by atoms with Crippen LogP contribution in [0.1, 0.15) is 11.1 Å². The van der Waals surface area contributed by atoms with Gasteiger partial charge in [-0.15, -0.1) is 0 Å². The molecule has 1 heterocycles. The maximum atomic E-state index is 13.7. The van der Waals surface area contributed by atoms with Crippen molar-refractivity contribution in [2.24, 2.45) is 0 Å². The molecule has 2 aromatic rings. The molecule has 0 aromatic heterocycles. The molecule has 6 heteroatoms. The average Bonchev–Trinajstić information content (AvgIpc) is 2.82. The molecule has 3 rings (SSSR count). The maximum Gasteiger partial charge on any atom is 0.295 e. The van der Waals surface area contributed by atoms with Crippen molar-refractivity contribution in [1.29, 1.82) is 0 Å². The monoisotopic (exact) mass is 342 g/mol. The van der Waals surface area contributed by atoms with Gasteiger partial charge in [0.15, 0.2) is 0 Å². The summed E-state index contributed by atoms with van der Waals surface area (Å²) in [6.45, 7) is 2.03. The summed E-state index contributed by atoms with van der Waals surface area (Å²) in [4.78, 5) is 25.8. The first-order valence-corrected chi connectivity index (χ1v) is 8.17. The number of carbonyl (C=O) groups is 2. The molecular formula is C18H15FN2O2S. The summed E-state index contributed by atoms with van der Waals surface area (Å²) in [6, 6.07) is 13.8. The van der Waals surface area contributed by atoms with Gasteiger partial charge in [0.1, 0.15) is 5.82 Å². The van der Waals surface area contributed by atoms with Crippen LogP contribution < -0.4 is 5.32 Å². The van der Waals surface area contributed by atoms with Crippen molar-refractivity contribution in [3.63, 3.8) is 0 Å². The van der Waals surface area contributed by atoms with Gasteiger partial charge in [-0.2, -0.15) is 0 Å². The first-order chi connectivity index (χ1) is 11.5. The Morgan fingerprint density at radius 3 is 2.71 bits per heavy atom. The van der Waals surface area contributed by atoms with Gasteiger partial charge in [-0.1, -0.05) is 30.3 Å². The molecule has 24 heavy (non-hydrogen) atoms. The highest BCUT2D eigenvalue weighted by Crippen LogP contribution is 2.32. The fourth-order valence-corrected chi connectivity index (χ4v) is 3.12. The van der Waals surface area contributed by atoms with Crippen molar-refractivity contribution in [3.8, 4) is 0 Å². The van der Waals surface area contributed by atoms with E-state index in [1.165, 1.54) is 12.1 Å². The molecule has 0 bridgehead atoms. The predicted molar refractivity (Wildman–Crippen MR) is 93.9 cm³/mol. The molecule has 122 valence electrons. The van der Waals surface area contributed by atoms with Crippen LogP contribution in [0, 0.1) is 12.7 Å². The molecule has 4 nitrogen and oxygen atoms in total. The van der Waals surface area contributed by atoms with Gasteiger partial charge in [0.05, 0.1) is 11.6 Å². The Labute approximate surface area is 143 Å². The number of nitrogens with zero attached hydrogens (tertiary/aromatic N) is 1. The first kappa shape index (κ1) is 16.3. The fraction of sp³-hybridized carbons (Fsp3) is 0.111. The molecule has 0 atom stereocenters. The number of hydrogen-bond donors (Lipinski definition) is 1. The third-order valence-corrected chi connectivity index (χ3v) is 4.43. The van der Waals surface area contributed by atoms with Gasteiger partial charge in [0, 0.05) is 11.3 Å². The number of nitrogens with one attached hydrogen (secondary N) is 1. The summed E-state index contributed by atoms with van der Waals surface area (Å²) < 4.78 is 13.7. The second-order valence-electron chi connectivity index (χ2n) is 5.34. The molecular weight excluding hydrogens is 327 g/mol. The lowest BCUT2D eigenvalue weighted by Crippen LogP contribution is -2.33. The lowest BCUT2D eigenvalue weighted by molar-refractivity contribution is -0.122. The second kappa shape index (κ2) is 6.88. The van der Waals surface area contributed by atoms with Crippen LogP contribution in [0.3, 0.4) is 0 Å². The Balaban J connectivity index is 1.73. The van der Waals surface area contributed by atoms with Crippen molar-refractivity contribution in [2.75, 3.05) is 12.0 Å². The summed E-state index contributed by atoms with van der Waals surface area (Å²) in [5.41, 5.74) is 2.19. The van der Waals surface area contributed by atoms with Crippen LogP contribution in [0.2, 0.25) is 0 Å². The number of carbonyl (C=O) groups excluding carboxylic acids is 2. The Morgan fingerprint density at radius 1 is 1.17 bits per heavy atom. The number of benzene rings is 2. The van der Waals surface area contributed by atoms with E-state index in [2.05, 4.69) is 5.32 Å². The molecule has 0 unspecified atom stereocenters. The fourth-order valence-electron chi connectivity index (χ4n) is 2.30. The smallest absolute Gasteiger partial charge is 0.295 e. The van der Waals surface area contributed by atoms with Crippen LogP contribution in [-0.4, -0.2) is 22.7 Å². The zero-order valence-electron chi connectivity index (χ0n) is 13.0. The highest BCUT2D eigenvalue weighted by molar-refractivity contribution is 8.18. The molecule has 1 aliphatic rings. The Hall–Kier alpha value is -2.60. The highest BCUT2D eigenvalue weighted by atomic mass is 32.2. The van der Waals surface area contributed by atoms with E-state index < -0.39 is 11.7 Å². The zero-order chi connectivity index (χ0) is 17.1. The molecule has 1 aliphatic heterocycles. The highest BCUT2D eigenvalue weighted by Gasteiger charge is 2.34. The number of hydrogen-bond acceptors (Lipinski definition) is 4. The van der Waals surface area contributed by atoms with Crippen LogP contribution in [0.5, 0.6) is 0 Å². The molecule has 1 saturated heterocycles. The summed E-state index contributed by atoms with van der Waals surface area (Å²) in [5.74, 6) is -0.851. The number of thioether (sulfide) groups is 1. The van der Waals surface area contributed by atoms with E-state index >= 15 is 0 Å². The van der Waals surface area contributed by atoms with Crippen molar-refractivity contribution >= 4 is 34.7 Å². The van der Waals surface area contributed by atoms with Crippen LogP contribution in [0.4, 0.5) is 14.9 Å². The predicted octanol–water partition coefficient (Wildman–Crippen LogP) is 4.24. The SMILES string of the molecule is Cc1cccc(NCN2C(=O)S/C(=C/c3ccccc3F)C2=O)c1. The Kier molecular flexibility index (Phi) is 4.66. The van der Waals surface area contributed by atoms with Gasteiger partial charge in [-0.05, 0) is 48.5 Å². The quantitative estimate of drug-likeness (QED) is 0.845. The summed E-state index contributed by atoms with van der Waals surface area (Å²) in [6.07, 6.45) is 1.41. The minimum absolute atomic E-state index is 0.0722. The summed E-state index contributed by atoms with van der Waals surface area (Å²) >= 11 is 0.815. The average molecular weight is 342 g/mol. The standard InChI is InChI=1S/C18H15FN2O2S/c1-12-5-4-7-14(9-12)20-11-21-17(22)16(24-18(21)23)10-13-6-2-3-8-15(13)19/h2-10,20H,11H2,1H3/b16-10+.